The summed E-state index contributed by atoms with van der Waals surface area (Å²) in [6.45, 7) is 4.73. The van der Waals surface area contributed by atoms with Crippen molar-refractivity contribution >= 4 is 28.8 Å². The first kappa shape index (κ1) is 19.1. The van der Waals surface area contributed by atoms with Gasteiger partial charge in [0.1, 0.15) is 0 Å². The van der Waals surface area contributed by atoms with Crippen molar-refractivity contribution in [1.29, 1.82) is 0 Å². The second kappa shape index (κ2) is 8.78. The highest BCUT2D eigenvalue weighted by atomic mass is 32.1. The van der Waals surface area contributed by atoms with Crippen LogP contribution in [0, 0.1) is 0 Å². The highest BCUT2D eigenvalue weighted by molar-refractivity contribution is 7.09. The molecule has 0 bridgehead atoms. The van der Waals surface area contributed by atoms with Crippen LogP contribution in [0.25, 0.3) is 0 Å². The maximum Gasteiger partial charge on any atom is 0.268 e. The smallest absolute Gasteiger partial charge is 0.268 e. The van der Waals surface area contributed by atoms with Crippen LogP contribution in [0.5, 0.6) is 0 Å². The van der Waals surface area contributed by atoms with E-state index in [-0.39, 0.29) is 6.42 Å². The van der Waals surface area contributed by atoms with Gasteiger partial charge in [-0.2, -0.15) is 0 Å². The monoisotopic (exact) mass is 360 g/mol. The van der Waals surface area contributed by atoms with Crippen LogP contribution in [-0.4, -0.2) is 35.6 Å². The molecule has 2 aromatic rings. The fraction of sp³-hybridized carbons (Fsp3) is 0.368. The molecule has 134 valence electrons. The molecule has 5 nitrogen and oxygen atoms in total. The molecule has 1 aliphatic rings. The molecule has 6 heteroatoms. The molecule has 1 aromatic carbocycles. The summed E-state index contributed by atoms with van der Waals surface area (Å²) in [5.74, 6) is -1.17. The number of nitrogens with one attached hydrogen (secondary N) is 1. The Morgan fingerprint density at radius 1 is 1.24 bits per heavy atom. The van der Waals surface area contributed by atoms with Crippen LogP contribution in [0.2, 0.25) is 0 Å². The van der Waals surface area contributed by atoms with Gasteiger partial charge in [0.25, 0.3) is 11.8 Å². The number of anilines is 1. The lowest BCUT2D eigenvalue weighted by Gasteiger charge is -2.21. The summed E-state index contributed by atoms with van der Waals surface area (Å²) in [6, 6.07) is 13.0. The van der Waals surface area contributed by atoms with Gasteiger partial charge < -0.3 is 15.3 Å². The Balaban J connectivity index is 0.00000109. The number of nitrogens with zero attached hydrogens (tertiary/aromatic N) is 1. The summed E-state index contributed by atoms with van der Waals surface area (Å²) in [6.07, 6.45) is 0.793. The van der Waals surface area contributed by atoms with Crippen molar-refractivity contribution in [1.82, 2.24) is 5.32 Å². The van der Waals surface area contributed by atoms with E-state index in [2.05, 4.69) is 5.32 Å². The van der Waals surface area contributed by atoms with Gasteiger partial charge in [-0.05, 0) is 30.0 Å². The molecule has 1 saturated heterocycles. The third-order valence-electron chi connectivity index (χ3n) is 3.98. The van der Waals surface area contributed by atoms with E-state index in [1.54, 1.807) is 23.5 Å². The van der Waals surface area contributed by atoms with E-state index in [0.29, 0.717) is 25.2 Å². The molecule has 2 N–H and O–H groups in total. The molecule has 0 spiro atoms. The van der Waals surface area contributed by atoms with Crippen molar-refractivity contribution in [2.45, 2.75) is 32.3 Å². The molecule has 0 radical (unpaired) electrons. The molecule has 0 saturated carbocycles. The summed E-state index contributed by atoms with van der Waals surface area (Å²) < 4.78 is 0. The van der Waals surface area contributed by atoms with E-state index in [1.165, 1.54) is 4.90 Å². The van der Waals surface area contributed by atoms with Crippen molar-refractivity contribution in [2.24, 2.45) is 0 Å². The van der Waals surface area contributed by atoms with Gasteiger partial charge in [0, 0.05) is 30.1 Å². The number of hydrogen-bond acceptors (Lipinski definition) is 4. The quantitative estimate of drug-likeness (QED) is 0.805. The Morgan fingerprint density at radius 3 is 2.60 bits per heavy atom. The van der Waals surface area contributed by atoms with Crippen LogP contribution in [0.1, 0.15) is 25.1 Å². The summed E-state index contributed by atoms with van der Waals surface area (Å²) in [4.78, 5) is 27.4. The summed E-state index contributed by atoms with van der Waals surface area (Å²) in [5, 5.41) is 15.2. The second-order valence-corrected chi connectivity index (χ2v) is 6.52. The number of thiophene rings is 1. The van der Waals surface area contributed by atoms with Gasteiger partial charge in [-0.25, -0.2) is 0 Å². The summed E-state index contributed by atoms with van der Waals surface area (Å²) >= 11 is 1.62. The van der Waals surface area contributed by atoms with Gasteiger partial charge in [-0.15, -0.1) is 11.3 Å². The minimum Gasteiger partial charge on any atom is -0.372 e. The zero-order valence-electron chi connectivity index (χ0n) is 14.6. The molecule has 1 aliphatic heterocycles. The maximum atomic E-state index is 12.5. The number of aliphatic hydroxyl groups is 1. The van der Waals surface area contributed by atoms with Gasteiger partial charge in [-0.3, -0.25) is 9.59 Å². The Kier molecular flexibility index (Phi) is 6.73. The Hall–Kier alpha value is -2.18. The molecular formula is C19H24N2O3S. The topological polar surface area (TPSA) is 69.6 Å². The third-order valence-corrected chi connectivity index (χ3v) is 4.91. The molecule has 1 unspecified atom stereocenters. The van der Waals surface area contributed by atoms with Gasteiger partial charge in [0.15, 0.2) is 0 Å². The zero-order valence-corrected chi connectivity index (χ0v) is 15.4. The minimum atomic E-state index is -1.97. The standard InChI is InChI=1S/C17H18N2O3S.C2H6/c20-15(18-10-8-14-7-4-12-23-14)17(22)9-11-19(16(17)21)13-5-2-1-3-6-13;1-2/h1-7,12,22H,8-11H2,(H,18,20);1-2H3. The summed E-state index contributed by atoms with van der Waals surface area (Å²) in [7, 11) is 0. The molecular weight excluding hydrogens is 336 g/mol. The maximum absolute atomic E-state index is 12.5. The number of benzene rings is 1. The molecule has 25 heavy (non-hydrogen) atoms. The molecule has 2 heterocycles. The van der Waals surface area contributed by atoms with Crippen LogP contribution in [0.4, 0.5) is 5.69 Å². The largest absolute Gasteiger partial charge is 0.372 e. The number of amides is 2. The molecule has 0 aliphatic carbocycles. The van der Waals surface area contributed by atoms with Crippen molar-refractivity contribution in [3.8, 4) is 0 Å². The predicted octanol–water partition coefficient (Wildman–Crippen LogP) is 2.60. The van der Waals surface area contributed by atoms with Crippen LogP contribution in [0.15, 0.2) is 47.8 Å². The number of hydrogen-bond donors (Lipinski definition) is 2. The molecule has 1 aromatic heterocycles. The second-order valence-electron chi connectivity index (χ2n) is 5.49. The Bertz CT molecular complexity index is 688. The van der Waals surface area contributed by atoms with Gasteiger partial charge in [0.05, 0.1) is 0 Å². The van der Waals surface area contributed by atoms with E-state index in [1.807, 2.05) is 49.6 Å². The molecule has 1 atom stereocenters. The van der Waals surface area contributed by atoms with Crippen LogP contribution >= 0.6 is 11.3 Å². The third kappa shape index (κ3) is 4.27. The van der Waals surface area contributed by atoms with Crippen LogP contribution in [-0.2, 0) is 16.0 Å². The average Bonchev–Trinajstić information content (AvgIpc) is 3.27. The van der Waals surface area contributed by atoms with Gasteiger partial charge in [0.2, 0.25) is 5.60 Å². The lowest BCUT2D eigenvalue weighted by molar-refractivity contribution is -0.149. The normalized spacial score (nSPS) is 19.3. The lowest BCUT2D eigenvalue weighted by Crippen LogP contribution is -2.52. The summed E-state index contributed by atoms with van der Waals surface area (Å²) in [5.41, 5.74) is -1.27. The van der Waals surface area contributed by atoms with Crippen molar-refractivity contribution in [3.63, 3.8) is 0 Å². The highest BCUT2D eigenvalue weighted by Gasteiger charge is 2.51. The van der Waals surface area contributed by atoms with Gasteiger partial charge in [-0.1, -0.05) is 38.1 Å². The first-order chi connectivity index (χ1) is 12.1. The van der Waals surface area contributed by atoms with Crippen molar-refractivity contribution < 1.29 is 14.7 Å². The Labute approximate surface area is 152 Å². The first-order valence-corrected chi connectivity index (χ1v) is 9.39. The zero-order chi connectivity index (χ0) is 18.3. The van der Waals surface area contributed by atoms with E-state index >= 15 is 0 Å². The fourth-order valence-electron chi connectivity index (χ4n) is 2.67. The number of rotatable bonds is 5. The minimum absolute atomic E-state index is 0.103. The van der Waals surface area contributed by atoms with E-state index in [4.69, 9.17) is 0 Å². The fourth-order valence-corrected chi connectivity index (χ4v) is 3.38. The van der Waals surface area contributed by atoms with Gasteiger partial charge >= 0.3 is 0 Å². The number of carbonyl (C=O) groups is 2. The van der Waals surface area contributed by atoms with Crippen molar-refractivity contribution in [3.05, 3.63) is 52.7 Å². The molecule has 1 fully saturated rings. The predicted molar refractivity (Wildman–Crippen MR) is 101 cm³/mol. The first-order valence-electron chi connectivity index (χ1n) is 8.51. The van der Waals surface area contributed by atoms with Crippen LogP contribution in [0.3, 0.4) is 0 Å². The molecule has 2 amide bonds. The molecule has 3 rings (SSSR count). The van der Waals surface area contributed by atoms with E-state index in [9.17, 15) is 14.7 Å². The number of para-hydroxylation sites is 1. The lowest BCUT2D eigenvalue weighted by atomic mass is 10.0. The van der Waals surface area contributed by atoms with Crippen molar-refractivity contribution in [2.75, 3.05) is 18.0 Å². The SMILES string of the molecule is CC.O=C(NCCc1cccs1)C1(O)CCN(c2ccccc2)C1=O. The Morgan fingerprint density at radius 2 is 1.96 bits per heavy atom. The van der Waals surface area contributed by atoms with Crippen LogP contribution < -0.4 is 10.2 Å². The van der Waals surface area contributed by atoms with E-state index < -0.39 is 17.4 Å². The highest BCUT2D eigenvalue weighted by Crippen LogP contribution is 2.28. The van der Waals surface area contributed by atoms with E-state index in [0.717, 1.165) is 4.88 Å². The number of carbonyl (C=O) groups excluding carboxylic acids is 2. The average molecular weight is 360 g/mol.